The third-order valence-electron chi connectivity index (χ3n) is 12.1. The Morgan fingerprint density at radius 1 is 0.370 bits per heavy atom. The molecule has 11 rings (SSSR count). The molecule has 2 nitrogen and oxygen atoms in total. The molecule has 0 N–H and O–H groups in total. The van der Waals surface area contributed by atoms with Gasteiger partial charge in [0.2, 0.25) is 0 Å². The smallest absolute Gasteiger partial charge is 0.137 e. The van der Waals surface area contributed by atoms with Crippen LogP contribution in [0.1, 0.15) is 47.2 Å². The summed E-state index contributed by atoms with van der Waals surface area (Å²) < 4.78 is 6.75. The number of rotatable bonds is 5. The second-order valence-corrected chi connectivity index (χ2v) is 15.3. The van der Waals surface area contributed by atoms with Crippen LogP contribution in [-0.2, 0) is 10.8 Å². The summed E-state index contributed by atoms with van der Waals surface area (Å²) in [6.45, 7) is 4.67. The number of furan rings is 1. The van der Waals surface area contributed by atoms with Crippen molar-refractivity contribution in [1.82, 2.24) is 0 Å². The van der Waals surface area contributed by atoms with E-state index >= 15 is 0 Å². The van der Waals surface area contributed by atoms with Crippen LogP contribution < -0.4 is 4.90 Å². The minimum Gasteiger partial charge on any atom is -0.456 e. The Kier molecular flexibility index (Phi) is 6.55. The van der Waals surface area contributed by atoms with E-state index < -0.39 is 5.41 Å². The Morgan fingerprint density at radius 3 is 1.61 bits per heavy atom. The monoisotopic (exact) mass is 691 g/mol. The van der Waals surface area contributed by atoms with E-state index in [2.05, 4.69) is 207 Å². The van der Waals surface area contributed by atoms with E-state index in [0.717, 1.165) is 39.0 Å². The molecule has 0 saturated carbocycles. The predicted octanol–water partition coefficient (Wildman–Crippen LogP) is 13.7. The topological polar surface area (TPSA) is 16.4 Å². The van der Waals surface area contributed by atoms with Crippen molar-refractivity contribution in [3.63, 3.8) is 0 Å². The van der Waals surface area contributed by atoms with Gasteiger partial charge < -0.3 is 9.32 Å². The summed E-state index contributed by atoms with van der Waals surface area (Å²) in [4.78, 5) is 2.36. The molecule has 0 unspecified atom stereocenters. The molecule has 0 spiro atoms. The molecule has 256 valence electrons. The van der Waals surface area contributed by atoms with E-state index in [9.17, 15) is 0 Å². The lowest BCUT2D eigenvalue weighted by atomic mass is 9.67. The molecule has 0 saturated heterocycles. The van der Waals surface area contributed by atoms with E-state index in [-0.39, 0.29) is 5.41 Å². The molecule has 2 heteroatoms. The van der Waals surface area contributed by atoms with Gasteiger partial charge in [0.1, 0.15) is 11.2 Å². The molecule has 0 aliphatic heterocycles. The van der Waals surface area contributed by atoms with Crippen molar-refractivity contribution in [3.8, 4) is 22.3 Å². The van der Waals surface area contributed by atoms with Gasteiger partial charge in [-0.2, -0.15) is 0 Å². The van der Waals surface area contributed by atoms with Crippen LogP contribution in [0.3, 0.4) is 0 Å². The summed E-state index contributed by atoms with van der Waals surface area (Å²) in [7, 11) is 0. The Labute approximate surface area is 315 Å². The number of nitrogens with zero attached hydrogens (tertiary/aromatic N) is 1. The fraction of sp³-hybridized carbons (Fsp3) is 0.0769. The Bertz CT molecular complexity index is 2870. The van der Waals surface area contributed by atoms with Gasteiger partial charge >= 0.3 is 0 Å². The fourth-order valence-electron chi connectivity index (χ4n) is 9.71. The number of fused-ring (bicyclic) bond motifs is 9. The first-order valence-corrected chi connectivity index (χ1v) is 18.8. The summed E-state index contributed by atoms with van der Waals surface area (Å²) in [5.41, 5.74) is 17.4. The predicted molar refractivity (Wildman–Crippen MR) is 223 cm³/mol. The lowest BCUT2D eigenvalue weighted by Crippen LogP contribution is -2.28. The van der Waals surface area contributed by atoms with Crippen LogP contribution in [0.15, 0.2) is 192 Å². The molecular formula is C52H37NO. The molecule has 2 aliphatic carbocycles. The van der Waals surface area contributed by atoms with Crippen molar-refractivity contribution in [2.75, 3.05) is 4.90 Å². The molecule has 54 heavy (non-hydrogen) atoms. The van der Waals surface area contributed by atoms with E-state index in [4.69, 9.17) is 4.42 Å². The van der Waals surface area contributed by atoms with Gasteiger partial charge in [-0.05, 0) is 104 Å². The zero-order valence-electron chi connectivity index (χ0n) is 30.3. The van der Waals surface area contributed by atoms with Gasteiger partial charge in [-0.1, -0.05) is 147 Å². The van der Waals surface area contributed by atoms with Gasteiger partial charge in [-0.25, -0.2) is 0 Å². The second-order valence-electron chi connectivity index (χ2n) is 15.3. The molecule has 2 aliphatic rings. The Hall–Kier alpha value is -6.64. The van der Waals surface area contributed by atoms with Crippen molar-refractivity contribution in [1.29, 1.82) is 0 Å². The van der Waals surface area contributed by atoms with Gasteiger partial charge in [0.15, 0.2) is 0 Å². The number of benzene rings is 8. The molecule has 1 aromatic heterocycles. The Morgan fingerprint density at radius 2 is 0.907 bits per heavy atom. The largest absolute Gasteiger partial charge is 0.456 e. The highest BCUT2D eigenvalue weighted by atomic mass is 16.3. The van der Waals surface area contributed by atoms with Gasteiger partial charge in [0.25, 0.3) is 0 Å². The second kappa shape index (κ2) is 11.4. The molecule has 9 aromatic rings. The lowest BCUT2D eigenvalue weighted by Gasteiger charge is -2.35. The first-order valence-electron chi connectivity index (χ1n) is 18.8. The maximum atomic E-state index is 6.75. The zero-order chi connectivity index (χ0) is 36.0. The highest BCUT2D eigenvalue weighted by molar-refractivity contribution is 6.08. The summed E-state index contributed by atoms with van der Waals surface area (Å²) in [5, 5.41) is 2.29. The lowest BCUT2D eigenvalue weighted by molar-refractivity contribution is 0.658. The minimum atomic E-state index is -0.484. The molecule has 0 amide bonds. The maximum Gasteiger partial charge on any atom is 0.137 e. The van der Waals surface area contributed by atoms with Crippen molar-refractivity contribution in [2.45, 2.75) is 24.7 Å². The van der Waals surface area contributed by atoms with E-state index in [1.807, 2.05) is 0 Å². The summed E-state index contributed by atoms with van der Waals surface area (Å²) in [5.74, 6) is 0. The molecule has 8 aromatic carbocycles. The number of hydrogen-bond acceptors (Lipinski definition) is 2. The molecule has 0 fully saturated rings. The normalized spacial score (nSPS) is 14.4. The third kappa shape index (κ3) is 4.22. The first kappa shape index (κ1) is 30.9. The number of hydrogen-bond donors (Lipinski definition) is 0. The Balaban J connectivity index is 1.11. The van der Waals surface area contributed by atoms with Crippen LogP contribution in [0, 0.1) is 0 Å². The number of para-hydroxylation sites is 1. The highest BCUT2D eigenvalue weighted by Crippen LogP contribution is 2.57. The molecule has 0 atom stereocenters. The van der Waals surface area contributed by atoms with Crippen molar-refractivity contribution in [3.05, 3.63) is 221 Å². The van der Waals surface area contributed by atoms with Gasteiger partial charge in [-0.15, -0.1) is 0 Å². The number of anilines is 3. The van der Waals surface area contributed by atoms with Crippen LogP contribution in [0.5, 0.6) is 0 Å². The first-order chi connectivity index (χ1) is 26.5. The van der Waals surface area contributed by atoms with Crippen molar-refractivity contribution in [2.24, 2.45) is 0 Å². The molecular weight excluding hydrogens is 655 g/mol. The quantitative estimate of drug-likeness (QED) is 0.179. The van der Waals surface area contributed by atoms with Crippen molar-refractivity contribution < 1.29 is 4.42 Å². The average Bonchev–Trinajstić information content (AvgIpc) is 3.81. The van der Waals surface area contributed by atoms with E-state index in [1.54, 1.807) is 0 Å². The minimum absolute atomic E-state index is 0.0732. The molecule has 0 radical (unpaired) electrons. The third-order valence-corrected chi connectivity index (χ3v) is 12.1. The van der Waals surface area contributed by atoms with Crippen LogP contribution in [0.25, 0.3) is 44.2 Å². The molecule has 0 bridgehead atoms. The summed E-state index contributed by atoms with van der Waals surface area (Å²) in [6, 6.07) is 68.8. The fourth-order valence-corrected chi connectivity index (χ4v) is 9.71. The van der Waals surface area contributed by atoms with Crippen LogP contribution in [-0.4, -0.2) is 0 Å². The van der Waals surface area contributed by atoms with E-state index in [1.165, 1.54) is 55.6 Å². The van der Waals surface area contributed by atoms with Crippen LogP contribution >= 0.6 is 0 Å². The van der Waals surface area contributed by atoms with E-state index in [0.29, 0.717) is 0 Å². The SMILES string of the molecule is CC1(C)c2ccccc2-c2cc3oc4cc(N(c5ccccc5)c5cccc(C6(c7ccccc7)c7ccccc7-c7ccccc76)c5)ccc4c3cc21. The van der Waals surface area contributed by atoms with Crippen LogP contribution in [0.4, 0.5) is 17.1 Å². The standard InChI is InChI=1S/C52H37NO/c1-51(2)45-25-12-9-24-41(45)43-33-50-44(32-48(43)51)42-29-28-38(31-49(42)54-50)53(36-19-7-4-8-20-36)37-21-15-18-35(30-37)52(34-16-5-3-6-17-34)46-26-13-10-22-39(46)40-23-11-14-27-47(40)52/h3-33H,1-2H3. The highest BCUT2D eigenvalue weighted by Gasteiger charge is 2.46. The maximum absolute atomic E-state index is 6.75. The van der Waals surface area contributed by atoms with Crippen molar-refractivity contribution >= 4 is 39.0 Å². The summed E-state index contributed by atoms with van der Waals surface area (Å²) >= 11 is 0. The van der Waals surface area contributed by atoms with Gasteiger partial charge in [-0.3, -0.25) is 0 Å². The van der Waals surface area contributed by atoms with Gasteiger partial charge in [0.05, 0.1) is 5.41 Å². The zero-order valence-corrected chi connectivity index (χ0v) is 30.3. The summed E-state index contributed by atoms with van der Waals surface area (Å²) in [6.07, 6.45) is 0. The molecule has 1 heterocycles. The average molecular weight is 692 g/mol. The van der Waals surface area contributed by atoms with Gasteiger partial charge in [0, 0.05) is 39.3 Å². The van der Waals surface area contributed by atoms with Crippen LogP contribution in [0.2, 0.25) is 0 Å².